The monoisotopic (exact) mass is 355 g/mol. The molecule has 2 atom stereocenters. The molecule has 0 radical (unpaired) electrons. The number of esters is 1. The van der Waals surface area contributed by atoms with Gasteiger partial charge in [-0.1, -0.05) is 12.1 Å². The molecular formula is C16H21NO6S. The highest BCUT2D eigenvalue weighted by molar-refractivity contribution is 7.91. The van der Waals surface area contributed by atoms with Gasteiger partial charge in [-0.2, -0.15) is 0 Å². The van der Waals surface area contributed by atoms with Crippen LogP contribution in [-0.2, 0) is 26.0 Å². The van der Waals surface area contributed by atoms with Gasteiger partial charge in [0.1, 0.15) is 0 Å². The average Bonchev–Trinajstić information content (AvgIpc) is 2.93. The first-order chi connectivity index (χ1) is 11.2. The summed E-state index contributed by atoms with van der Waals surface area (Å²) in [5.74, 6) is -1.07. The quantitative estimate of drug-likeness (QED) is 0.766. The Bertz CT molecular complexity index is 713. The highest BCUT2D eigenvalue weighted by Crippen LogP contribution is 2.18. The maximum Gasteiger partial charge on any atom is 0.338 e. The number of sulfone groups is 1. The third-order valence-electron chi connectivity index (χ3n) is 4.11. The predicted octanol–water partition coefficient (Wildman–Crippen LogP) is 0.370. The molecule has 0 aromatic heterocycles. The molecular weight excluding hydrogens is 334 g/mol. The number of aliphatic hydroxyl groups excluding tert-OH is 1. The molecule has 7 nitrogen and oxygen atoms in total. The number of hydrogen-bond donors (Lipinski definition) is 1. The second-order valence-corrected chi connectivity index (χ2v) is 8.14. The van der Waals surface area contributed by atoms with Crippen molar-refractivity contribution in [1.29, 1.82) is 0 Å². The first-order valence-corrected chi connectivity index (χ1v) is 9.43. The Kier molecular flexibility index (Phi) is 5.61. The molecule has 0 unspecified atom stereocenters. The molecule has 1 fully saturated rings. The van der Waals surface area contributed by atoms with Gasteiger partial charge in [0.25, 0.3) is 5.91 Å². The van der Waals surface area contributed by atoms with Gasteiger partial charge >= 0.3 is 5.97 Å². The third-order valence-corrected chi connectivity index (χ3v) is 5.86. The number of hydrogen-bond acceptors (Lipinski definition) is 6. The topological polar surface area (TPSA) is 101 Å². The zero-order valence-corrected chi connectivity index (χ0v) is 14.5. The van der Waals surface area contributed by atoms with Gasteiger partial charge in [-0.15, -0.1) is 0 Å². The molecule has 1 saturated heterocycles. The zero-order chi connectivity index (χ0) is 17.9. The van der Waals surface area contributed by atoms with E-state index in [9.17, 15) is 18.0 Å². The highest BCUT2D eigenvalue weighted by Gasteiger charge is 2.35. The summed E-state index contributed by atoms with van der Waals surface area (Å²) in [5, 5.41) is 8.98. The van der Waals surface area contributed by atoms with Crippen molar-refractivity contribution in [3.8, 4) is 0 Å². The largest absolute Gasteiger partial charge is 0.449 e. The van der Waals surface area contributed by atoms with Crippen molar-refractivity contribution in [2.75, 3.05) is 18.6 Å². The Hall–Kier alpha value is -1.93. The van der Waals surface area contributed by atoms with Crippen LogP contribution in [0.4, 0.5) is 0 Å². The number of rotatable bonds is 5. The van der Waals surface area contributed by atoms with Crippen molar-refractivity contribution in [2.24, 2.45) is 0 Å². The number of ether oxygens (including phenoxy) is 1. The number of benzene rings is 1. The van der Waals surface area contributed by atoms with Gasteiger partial charge in [0.05, 0.1) is 23.7 Å². The maximum absolute atomic E-state index is 12.3. The van der Waals surface area contributed by atoms with Crippen LogP contribution in [0, 0.1) is 0 Å². The molecule has 24 heavy (non-hydrogen) atoms. The van der Waals surface area contributed by atoms with E-state index in [-0.39, 0.29) is 29.7 Å². The van der Waals surface area contributed by atoms with E-state index in [4.69, 9.17) is 9.84 Å². The summed E-state index contributed by atoms with van der Waals surface area (Å²) in [7, 11) is -1.57. The fraction of sp³-hybridized carbons (Fsp3) is 0.500. The van der Waals surface area contributed by atoms with Crippen LogP contribution < -0.4 is 0 Å². The fourth-order valence-corrected chi connectivity index (χ4v) is 4.35. The van der Waals surface area contributed by atoms with E-state index < -0.39 is 27.8 Å². The molecule has 1 aromatic carbocycles. The van der Waals surface area contributed by atoms with Crippen LogP contribution >= 0.6 is 0 Å². The van der Waals surface area contributed by atoms with Crippen LogP contribution in [0.25, 0.3) is 0 Å². The fourth-order valence-electron chi connectivity index (χ4n) is 2.57. The van der Waals surface area contributed by atoms with Gasteiger partial charge in [0, 0.05) is 13.1 Å². The lowest BCUT2D eigenvalue weighted by molar-refractivity contribution is -0.140. The lowest BCUT2D eigenvalue weighted by Gasteiger charge is -2.26. The minimum absolute atomic E-state index is 0.0570. The van der Waals surface area contributed by atoms with Crippen molar-refractivity contribution in [2.45, 2.75) is 32.1 Å². The molecule has 0 aliphatic carbocycles. The number of nitrogens with zero attached hydrogens (tertiary/aromatic N) is 1. The number of carbonyl (C=O) groups is 2. The van der Waals surface area contributed by atoms with Crippen LogP contribution in [0.1, 0.15) is 29.3 Å². The first-order valence-electron chi connectivity index (χ1n) is 7.61. The molecule has 0 bridgehead atoms. The summed E-state index contributed by atoms with van der Waals surface area (Å²) in [4.78, 5) is 25.7. The molecule has 132 valence electrons. The molecule has 1 aromatic rings. The van der Waals surface area contributed by atoms with Crippen molar-refractivity contribution in [3.05, 3.63) is 35.4 Å². The molecule has 1 aliphatic rings. The van der Waals surface area contributed by atoms with Crippen molar-refractivity contribution >= 4 is 21.7 Å². The van der Waals surface area contributed by atoms with Crippen LogP contribution in [0.5, 0.6) is 0 Å². The van der Waals surface area contributed by atoms with E-state index in [0.717, 1.165) is 0 Å². The van der Waals surface area contributed by atoms with E-state index in [1.807, 2.05) is 0 Å². The summed E-state index contributed by atoms with van der Waals surface area (Å²) in [6, 6.07) is 5.83. The maximum atomic E-state index is 12.3. The van der Waals surface area contributed by atoms with Crippen LogP contribution in [-0.4, -0.2) is 61.0 Å². The normalized spacial score (nSPS) is 20.4. The summed E-state index contributed by atoms with van der Waals surface area (Å²) in [5.41, 5.74) is 0.941. The average molecular weight is 355 g/mol. The van der Waals surface area contributed by atoms with Crippen molar-refractivity contribution in [3.63, 3.8) is 0 Å². The smallest absolute Gasteiger partial charge is 0.338 e. The zero-order valence-electron chi connectivity index (χ0n) is 13.6. The van der Waals surface area contributed by atoms with E-state index in [1.165, 1.54) is 31.0 Å². The van der Waals surface area contributed by atoms with E-state index >= 15 is 0 Å². The Balaban J connectivity index is 1.96. The first kappa shape index (κ1) is 18.4. The van der Waals surface area contributed by atoms with Gasteiger partial charge in [-0.05, 0) is 31.0 Å². The molecule has 1 N–H and O–H groups in total. The van der Waals surface area contributed by atoms with Gasteiger partial charge in [0.2, 0.25) is 0 Å². The van der Waals surface area contributed by atoms with Gasteiger partial charge < -0.3 is 14.7 Å². The molecule has 1 heterocycles. The summed E-state index contributed by atoms with van der Waals surface area (Å²) in [6.07, 6.45) is -0.614. The SMILES string of the molecule is C[C@@H](OC(=O)c1ccc(CO)cc1)C(=O)N(C)[C@@H]1CCS(=O)(=O)C1. The number of likely N-dealkylation sites (N-methyl/N-ethyl adjacent to an activating group) is 1. The molecule has 2 rings (SSSR count). The number of aliphatic hydroxyl groups is 1. The van der Waals surface area contributed by atoms with Crippen molar-refractivity contribution in [1.82, 2.24) is 4.90 Å². The minimum Gasteiger partial charge on any atom is -0.449 e. The standard InChI is InChI=1S/C16H21NO6S/c1-11(15(19)17(2)14-7-8-24(21,22)10-14)23-16(20)13-5-3-12(9-18)4-6-13/h3-6,11,14,18H,7-10H2,1-2H3/t11-,14-/m1/s1. The van der Waals surface area contributed by atoms with Crippen LogP contribution in [0.15, 0.2) is 24.3 Å². The molecule has 1 amide bonds. The van der Waals surface area contributed by atoms with Crippen molar-refractivity contribution < 1.29 is 27.9 Å². The molecule has 1 aliphatic heterocycles. The van der Waals surface area contributed by atoms with E-state index in [1.54, 1.807) is 12.1 Å². The van der Waals surface area contributed by atoms with E-state index in [0.29, 0.717) is 12.0 Å². The van der Waals surface area contributed by atoms with Crippen LogP contribution in [0.2, 0.25) is 0 Å². The Labute approximate surface area is 141 Å². The lowest BCUT2D eigenvalue weighted by Crippen LogP contribution is -2.44. The Morgan fingerprint density at radius 3 is 2.46 bits per heavy atom. The molecule has 0 spiro atoms. The second kappa shape index (κ2) is 7.31. The minimum atomic E-state index is -3.09. The summed E-state index contributed by atoms with van der Waals surface area (Å²) in [6.45, 7) is 1.33. The summed E-state index contributed by atoms with van der Waals surface area (Å²) >= 11 is 0. The Morgan fingerprint density at radius 2 is 1.96 bits per heavy atom. The van der Waals surface area contributed by atoms with Gasteiger partial charge in [0.15, 0.2) is 15.9 Å². The second-order valence-electron chi connectivity index (χ2n) is 5.91. The predicted molar refractivity (Wildman–Crippen MR) is 87.1 cm³/mol. The van der Waals surface area contributed by atoms with Gasteiger partial charge in [-0.25, -0.2) is 13.2 Å². The highest BCUT2D eigenvalue weighted by atomic mass is 32.2. The molecule has 0 saturated carbocycles. The molecule has 8 heteroatoms. The number of carbonyl (C=O) groups excluding carboxylic acids is 2. The summed E-state index contributed by atoms with van der Waals surface area (Å²) < 4.78 is 28.2. The van der Waals surface area contributed by atoms with Gasteiger partial charge in [-0.3, -0.25) is 4.79 Å². The Morgan fingerprint density at radius 1 is 1.33 bits per heavy atom. The van der Waals surface area contributed by atoms with Crippen LogP contribution in [0.3, 0.4) is 0 Å². The third kappa shape index (κ3) is 4.33. The lowest BCUT2D eigenvalue weighted by atomic mass is 10.1. The van der Waals surface area contributed by atoms with E-state index in [2.05, 4.69) is 0 Å². The number of amides is 1.